The van der Waals surface area contributed by atoms with Crippen LogP contribution in [0.1, 0.15) is 18.1 Å². The molecule has 0 aliphatic heterocycles. The molecule has 0 radical (unpaired) electrons. The van der Waals surface area contributed by atoms with Crippen molar-refractivity contribution in [2.75, 3.05) is 14.2 Å². The minimum Gasteiger partial charge on any atom is -0.497 e. The average Bonchev–Trinajstić information content (AvgIpc) is 2.56. The van der Waals surface area contributed by atoms with Crippen LogP contribution in [-0.2, 0) is 11.3 Å². The number of thioether (sulfide) groups is 1. The number of carbonyl (C=O) groups is 1. The molecule has 0 saturated carbocycles. The Bertz CT molecular complexity index is 637. The van der Waals surface area contributed by atoms with Gasteiger partial charge in [-0.1, -0.05) is 29.8 Å². The molecule has 0 bridgehead atoms. The summed E-state index contributed by atoms with van der Waals surface area (Å²) in [7, 11) is 3.49. The van der Waals surface area contributed by atoms with Crippen LogP contribution < -0.4 is 4.74 Å². The smallest absolute Gasteiger partial charge is 0.235 e. The van der Waals surface area contributed by atoms with Crippen molar-refractivity contribution in [3.63, 3.8) is 0 Å². The first-order valence-electron chi connectivity index (χ1n) is 7.61. The van der Waals surface area contributed by atoms with Gasteiger partial charge >= 0.3 is 0 Å². The van der Waals surface area contributed by atoms with E-state index in [4.69, 9.17) is 4.74 Å². The second-order valence-corrected chi connectivity index (χ2v) is 7.03. The zero-order chi connectivity index (χ0) is 16.8. The van der Waals surface area contributed by atoms with Crippen LogP contribution in [0.15, 0.2) is 53.4 Å². The van der Waals surface area contributed by atoms with Crippen LogP contribution in [0.3, 0.4) is 0 Å². The summed E-state index contributed by atoms with van der Waals surface area (Å²) in [5.74, 6) is 0.956. The first kappa shape index (κ1) is 17.4. The van der Waals surface area contributed by atoms with E-state index in [2.05, 4.69) is 31.2 Å². The maximum absolute atomic E-state index is 12.5. The predicted octanol–water partition coefficient (Wildman–Crippen LogP) is 4.14. The Morgan fingerprint density at radius 2 is 1.74 bits per heavy atom. The molecule has 0 N–H and O–H groups in total. The largest absolute Gasteiger partial charge is 0.497 e. The van der Waals surface area contributed by atoms with Gasteiger partial charge in [-0.3, -0.25) is 4.79 Å². The molecule has 0 aliphatic carbocycles. The third-order valence-corrected chi connectivity index (χ3v) is 4.74. The number of methoxy groups -OCH3 is 1. The second kappa shape index (κ2) is 8.06. The lowest BCUT2D eigenvalue weighted by Gasteiger charge is -2.21. The van der Waals surface area contributed by atoms with Crippen molar-refractivity contribution >= 4 is 17.7 Å². The lowest BCUT2D eigenvalue weighted by atomic mass is 10.2. The number of carbonyl (C=O) groups excluding carboxylic acids is 1. The fourth-order valence-electron chi connectivity index (χ4n) is 2.26. The van der Waals surface area contributed by atoms with Crippen LogP contribution in [0, 0.1) is 6.92 Å². The van der Waals surface area contributed by atoms with Gasteiger partial charge in [-0.05, 0) is 43.7 Å². The van der Waals surface area contributed by atoms with E-state index in [0.717, 1.165) is 16.2 Å². The number of ether oxygens (including phenoxy) is 1. The van der Waals surface area contributed by atoms with Crippen molar-refractivity contribution in [1.29, 1.82) is 0 Å². The predicted molar refractivity (Wildman–Crippen MR) is 96.0 cm³/mol. The first-order chi connectivity index (χ1) is 11.0. The highest BCUT2D eigenvalue weighted by Gasteiger charge is 2.18. The van der Waals surface area contributed by atoms with Crippen LogP contribution in [0.5, 0.6) is 5.75 Å². The second-order valence-electron chi connectivity index (χ2n) is 5.62. The van der Waals surface area contributed by atoms with Gasteiger partial charge in [0.2, 0.25) is 5.91 Å². The van der Waals surface area contributed by atoms with Gasteiger partial charge < -0.3 is 9.64 Å². The van der Waals surface area contributed by atoms with Crippen molar-refractivity contribution in [1.82, 2.24) is 4.90 Å². The van der Waals surface area contributed by atoms with Crippen LogP contribution in [0.25, 0.3) is 0 Å². The molecule has 1 amide bonds. The fraction of sp³-hybridized carbons (Fsp3) is 0.316. The Labute approximate surface area is 142 Å². The summed E-state index contributed by atoms with van der Waals surface area (Å²) in [6.07, 6.45) is 0. The summed E-state index contributed by atoms with van der Waals surface area (Å²) in [6, 6.07) is 16.1. The number of hydrogen-bond acceptors (Lipinski definition) is 3. The van der Waals surface area contributed by atoms with Crippen LogP contribution in [-0.4, -0.2) is 30.2 Å². The molecule has 122 valence electrons. The van der Waals surface area contributed by atoms with Crippen LogP contribution >= 0.6 is 11.8 Å². The molecule has 0 unspecified atom stereocenters. The standard InChI is InChI=1S/C19H23NO2S/c1-14-5-11-18(12-6-14)23-15(2)19(21)20(3)13-16-7-9-17(22-4)10-8-16/h5-12,15H,13H2,1-4H3/t15-/m1/s1. The fourth-order valence-corrected chi connectivity index (χ4v) is 3.25. The Morgan fingerprint density at radius 3 is 2.30 bits per heavy atom. The molecule has 0 aliphatic rings. The molecule has 23 heavy (non-hydrogen) atoms. The number of nitrogens with zero attached hydrogens (tertiary/aromatic N) is 1. The molecule has 0 fully saturated rings. The van der Waals surface area contributed by atoms with E-state index in [1.807, 2.05) is 38.2 Å². The zero-order valence-electron chi connectivity index (χ0n) is 14.1. The third-order valence-electron chi connectivity index (χ3n) is 3.64. The van der Waals surface area contributed by atoms with Crippen molar-refractivity contribution in [2.45, 2.75) is 30.5 Å². The SMILES string of the molecule is COc1ccc(CN(C)C(=O)[C@@H](C)Sc2ccc(C)cc2)cc1. The molecule has 4 heteroatoms. The molecule has 0 saturated heterocycles. The molecule has 2 rings (SSSR count). The molecule has 1 atom stereocenters. The summed E-state index contributed by atoms with van der Waals surface area (Å²) in [5.41, 5.74) is 2.32. The highest BCUT2D eigenvalue weighted by Crippen LogP contribution is 2.25. The molecule has 0 aromatic heterocycles. The molecular formula is C19H23NO2S. The van der Waals surface area contributed by atoms with E-state index < -0.39 is 0 Å². The lowest BCUT2D eigenvalue weighted by molar-refractivity contribution is -0.129. The molecule has 0 spiro atoms. The van der Waals surface area contributed by atoms with Gasteiger partial charge in [0, 0.05) is 18.5 Å². The topological polar surface area (TPSA) is 29.5 Å². The first-order valence-corrected chi connectivity index (χ1v) is 8.49. The molecule has 0 heterocycles. The van der Waals surface area contributed by atoms with E-state index >= 15 is 0 Å². The Hall–Kier alpha value is -1.94. The van der Waals surface area contributed by atoms with E-state index in [-0.39, 0.29) is 11.2 Å². The lowest BCUT2D eigenvalue weighted by Crippen LogP contribution is -2.32. The maximum Gasteiger partial charge on any atom is 0.235 e. The number of hydrogen-bond donors (Lipinski definition) is 0. The van der Waals surface area contributed by atoms with Gasteiger partial charge in [-0.2, -0.15) is 0 Å². The summed E-state index contributed by atoms with van der Waals surface area (Å²) in [5, 5.41) is -0.110. The highest BCUT2D eigenvalue weighted by atomic mass is 32.2. The van der Waals surface area contributed by atoms with Gasteiger partial charge in [0.25, 0.3) is 0 Å². The van der Waals surface area contributed by atoms with Gasteiger partial charge in [-0.15, -0.1) is 11.8 Å². The van der Waals surface area contributed by atoms with Gasteiger partial charge in [0.05, 0.1) is 12.4 Å². The monoisotopic (exact) mass is 329 g/mol. The number of rotatable bonds is 6. The summed E-state index contributed by atoms with van der Waals surface area (Å²) < 4.78 is 5.15. The molecule has 2 aromatic rings. The van der Waals surface area contributed by atoms with Gasteiger partial charge in [0.1, 0.15) is 5.75 Å². The van der Waals surface area contributed by atoms with Crippen molar-refractivity contribution in [2.24, 2.45) is 0 Å². The van der Waals surface area contributed by atoms with Gasteiger partial charge in [-0.25, -0.2) is 0 Å². The average molecular weight is 329 g/mol. The minimum absolute atomic E-state index is 0.110. The zero-order valence-corrected chi connectivity index (χ0v) is 14.9. The maximum atomic E-state index is 12.5. The van der Waals surface area contributed by atoms with Gasteiger partial charge in [0.15, 0.2) is 0 Å². The normalized spacial score (nSPS) is 11.8. The minimum atomic E-state index is -0.110. The Morgan fingerprint density at radius 1 is 1.13 bits per heavy atom. The van der Waals surface area contributed by atoms with E-state index in [9.17, 15) is 4.79 Å². The number of benzene rings is 2. The number of amides is 1. The molecule has 3 nitrogen and oxygen atoms in total. The Kier molecular flexibility index (Phi) is 6.11. The summed E-state index contributed by atoms with van der Waals surface area (Å²) >= 11 is 1.59. The molecule has 2 aromatic carbocycles. The van der Waals surface area contributed by atoms with Crippen LogP contribution in [0.4, 0.5) is 0 Å². The Balaban J connectivity index is 1.93. The van der Waals surface area contributed by atoms with Crippen molar-refractivity contribution < 1.29 is 9.53 Å². The highest BCUT2D eigenvalue weighted by molar-refractivity contribution is 8.00. The quantitative estimate of drug-likeness (QED) is 0.746. The van der Waals surface area contributed by atoms with Crippen molar-refractivity contribution in [3.8, 4) is 5.75 Å². The van der Waals surface area contributed by atoms with Crippen molar-refractivity contribution in [3.05, 3.63) is 59.7 Å². The van der Waals surface area contributed by atoms with E-state index in [1.54, 1.807) is 23.8 Å². The van der Waals surface area contributed by atoms with E-state index in [1.165, 1.54) is 5.56 Å². The number of aryl methyl sites for hydroxylation is 1. The van der Waals surface area contributed by atoms with Crippen LogP contribution in [0.2, 0.25) is 0 Å². The summed E-state index contributed by atoms with van der Waals surface area (Å²) in [6.45, 7) is 4.62. The third kappa shape index (κ3) is 5.03. The van der Waals surface area contributed by atoms with E-state index in [0.29, 0.717) is 6.54 Å². The molecular weight excluding hydrogens is 306 g/mol. The summed E-state index contributed by atoms with van der Waals surface area (Å²) in [4.78, 5) is 15.4.